The van der Waals surface area contributed by atoms with Crippen LogP contribution in [0.5, 0.6) is 11.5 Å². The summed E-state index contributed by atoms with van der Waals surface area (Å²) >= 11 is 5.99. The molecule has 0 aromatic heterocycles. The number of hydrazone groups is 1. The average Bonchev–Trinajstić information content (AvgIpc) is 2.85. The Morgan fingerprint density at radius 2 is 1.63 bits per heavy atom. The van der Waals surface area contributed by atoms with Crippen LogP contribution in [0.4, 0.5) is 15.8 Å². The van der Waals surface area contributed by atoms with Crippen LogP contribution in [-0.2, 0) is 14.4 Å². The molecule has 180 valence electrons. The molecule has 0 saturated carbocycles. The van der Waals surface area contributed by atoms with Gasteiger partial charge in [-0.2, -0.15) is 5.10 Å². The first-order valence-corrected chi connectivity index (χ1v) is 10.5. The molecule has 3 N–H and O–H groups in total. The van der Waals surface area contributed by atoms with Crippen LogP contribution in [0.25, 0.3) is 0 Å². The molecular weight excluding hydrogens is 479 g/mol. The molecule has 0 unspecified atom stereocenters. The highest BCUT2D eigenvalue weighted by Gasteiger charge is 2.13. The van der Waals surface area contributed by atoms with Gasteiger partial charge in [0, 0.05) is 11.4 Å². The molecule has 3 aromatic rings. The number of nitrogens with zero attached hydrogens (tertiary/aromatic N) is 1. The number of hydrogen-bond donors (Lipinski definition) is 3. The van der Waals surface area contributed by atoms with Crippen LogP contribution in [0, 0.1) is 5.82 Å². The van der Waals surface area contributed by atoms with Gasteiger partial charge in [-0.15, -0.1) is 0 Å². The van der Waals surface area contributed by atoms with Gasteiger partial charge in [-0.1, -0.05) is 11.6 Å². The summed E-state index contributed by atoms with van der Waals surface area (Å²) in [5.41, 5.74) is 3.50. The summed E-state index contributed by atoms with van der Waals surface area (Å²) in [4.78, 5) is 35.8. The minimum Gasteiger partial charge on any atom is -0.495 e. The average molecular weight is 499 g/mol. The van der Waals surface area contributed by atoms with Crippen molar-refractivity contribution in [3.63, 3.8) is 0 Å². The van der Waals surface area contributed by atoms with Gasteiger partial charge < -0.3 is 20.1 Å². The molecule has 0 spiro atoms. The Bertz CT molecular complexity index is 1230. The molecule has 0 radical (unpaired) electrons. The summed E-state index contributed by atoms with van der Waals surface area (Å²) < 4.78 is 23.3. The number of hydrogen-bond acceptors (Lipinski definition) is 6. The van der Waals surface area contributed by atoms with Gasteiger partial charge in [-0.05, 0) is 72.3 Å². The van der Waals surface area contributed by atoms with E-state index >= 15 is 0 Å². The summed E-state index contributed by atoms with van der Waals surface area (Å²) in [6.45, 7) is -0.241. The van der Waals surface area contributed by atoms with E-state index in [1.54, 1.807) is 30.3 Å². The van der Waals surface area contributed by atoms with E-state index in [9.17, 15) is 18.8 Å². The summed E-state index contributed by atoms with van der Waals surface area (Å²) in [5.74, 6) is -1.84. The zero-order chi connectivity index (χ0) is 25.2. The number of carbonyl (C=O) groups is 3. The van der Waals surface area contributed by atoms with Gasteiger partial charge in [-0.3, -0.25) is 14.4 Å². The number of ether oxygens (including phenoxy) is 2. The quantitative estimate of drug-likeness (QED) is 0.249. The summed E-state index contributed by atoms with van der Waals surface area (Å²) in [7, 11) is 1.46. The Labute approximate surface area is 204 Å². The van der Waals surface area contributed by atoms with Crippen LogP contribution in [-0.4, -0.2) is 37.7 Å². The lowest BCUT2D eigenvalue weighted by molar-refractivity contribution is -0.136. The second-order valence-corrected chi connectivity index (χ2v) is 7.32. The molecular formula is C24H20ClFN4O5. The van der Waals surface area contributed by atoms with Crippen LogP contribution in [0.2, 0.25) is 5.02 Å². The molecule has 3 amide bonds. The van der Waals surface area contributed by atoms with Crippen molar-refractivity contribution in [3.8, 4) is 11.5 Å². The van der Waals surface area contributed by atoms with Gasteiger partial charge >= 0.3 is 11.8 Å². The van der Waals surface area contributed by atoms with Crippen LogP contribution in [0.15, 0.2) is 71.8 Å². The molecule has 0 aliphatic carbocycles. The normalized spacial score (nSPS) is 10.5. The first-order chi connectivity index (χ1) is 16.8. The maximum atomic E-state index is 12.9. The third-order valence-corrected chi connectivity index (χ3v) is 4.67. The maximum Gasteiger partial charge on any atom is 0.329 e. The predicted octanol–water partition coefficient (Wildman–Crippen LogP) is 3.59. The second kappa shape index (κ2) is 12.1. The Morgan fingerprint density at radius 3 is 2.29 bits per heavy atom. The van der Waals surface area contributed by atoms with E-state index in [2.05, 4.69) is 21.2 Å². The SMILES string of the molecule is COc1ccc(NC(=O)C(=O)N/N=C\c2ccc(OCC(=O)Nc3ccc(F)cc3)cc2)cc1Cl. The van der Waals surface area contributed by atoms with E-state index in [1.807, 2.05) is 0 Å². The first kappa shape index (κ1) is 25.2. The standard InChI is InChI=1S/C24H20ClFN4O5/c1-34-21-11-8-18(12-20(21)25)29-23(32)24(33)30-27-13-15-2-9-19(10-3-15)35-14-22(31)28-17-6-4-16(26)5-7-17/h2-13H,14H2,1H3,(H,28,31)(H,29,32)(H,30,33)/b27-13-. The number of anilines is 2. The lowest BCUT2D eigenvalue weighted by atomic mass is 10.2. The van der Waals surface area contributed by atoms with Crippen molar-refractivity contribution in [3.05, 3.63) is 83.1 Å². The molecule has 0 atom stereocenters. The molecule has 0 aliphatic rings. The van der Waals surface area contributed by atoms with Crippen molar-refractivity contribution in [2.45, 2.75) is 0 Å². The maximum absolute atomic E-state index is 12.9. The zero-order valence-corrected chi connectivity index (χ0v) is 19.1. The smallest absolute Gasteiger partial charge is 0.329 e. The van der Waals surface area contributed by atoms with Crippen molar-refractivity contribution in [1.29, 1.82) is 0 Å². The zero-order valence-electron chi connectivity index (χ0n) is 18.4. The molecule has 3 aromatic carbocycles. The molecule has 0 heterocycles. The van der Waals surface area contributed by atoms with Gasteiger partial charge in [0.1, 0.15) is 17.3 Å². The molecule has 3 rings (SSSR count). The molecule has 9 nitrogen and oxygen atoms in total. The second-order valence-electron chi connectivity index (χ2n) is 6.92. The van der Waals surface area contributed by atoms with Gasteiger partial charge in [0.15, 0.2) is 6.61 Å². The number of halogens is 2. The van der Waals surface area contributed by atoms with Crippen molar-refractivity contribution < 1.29 is 28.2 Å². The van der Waals surface area contributed by atoms with Crippen LogP contribution in [0.3, 0.4) is 0 Å². The largest absolute Gasteiger partial charge is 0.495 e. The summed E-state index contributed by atoms with van der Waals surface area (Å²) in [6.07, 6.45) is 1.33. The van der Waals surface area contributed by atoms with Crippen LogP contribution < -0.4 is 25.5 Å². The topological polar surface area (TPSA) is 118 Å². The highest BCUT2D eigenvalue weighted by atomic mass is 35.5. The Morgan fingerprint density at radius 1 is 0.943 bits per heavy atom. The van der Waals surface area contributed by atoms with Gasteiger partial charge in [0.2, 0.25) is 0 Å². The third-order valence-electron chi connectivity index (χ3n) is 4.37. The van der Waals surface area contributed by atoms with E-state index in [4.69, 9.17) is 21.1 Å². The van der Waals surface area contributed by atoms with Crippen molar-refractivity contribution in [1.82, 2.24) is 5.43 Å². The lowest BCUT2D eigenvalue weighted by Gasteiger charge is -2.08. The van der Waals surface area contributed by atoms with Crippen LogP contribution >= 0.6 is 11.6 Å². The van der Waals surface area contributed by atoms with Crippen LogP contribution in [0.1, 0.15) is 5.56 Å². The van der Waals surface area contributed by atoms with Crippen molar-refractivity contribution in [2.75, 3.05) is 24.4 Å². The molecule has 35 heavy (non-hydrogen) atoms. The summed E-state index contributed by atoms with van der Waals surface area (Å²) in [5, 5.41) is 9.01. The molecule has 0 fully saturated rings. The Balaban J connectivity index is 1.43. The minimum atomic E-state index is -0.972. The monoisotopic (exact) mass is 498 g/mol. The number of benzene rings is 3. The number of nitrogens with one attached hydrogen (secondary N) is 3. The fraction of sp³-hybridized carbons (Fsp3) is 0.0833. The number of methoxy groups -OCH3 is 1. The molecule has 11 heteroatoms. The summed E-state index contributed by atoms with van der Waals surface area (Å²) in [6, 6.07) is 16.4. The number of carbonyl (C=O) groups excluding carboxylic acids is 3. The van der Waals surface area contributed by atoms with Gasteiger partial charge in [0.25, 0.3) is 5.91 Å². The van der Waals surface area contributed by atoms with Crippen molar-refractivity contribution in [2.24, 2.45) is 5.10 Å². The van der Waals surface area contributed by atoms with E-state index in [0.29, 0.717) is 28.4 Å². The van der Waals surface area contributed by atoms with Gasteiger partial charge in [0.05, 0.1) is 18.3 Å². The molecule has 0 aliphatic heterocycles. The minimum absolute atomic E-state index is 0.241. The van der Waals surface area contributed by atoms with Gasteiger partial charge in [-0.25, -0.2) is 9.82 Å². The predicted molar refractivity (Wildman–Crippen MR) is 129 cm³/mol. The van der Waals surface area contributed by atoms with E-state index in [1.165, 1.54) is 49.7 Å². The van der Waals surface area contributed by atoms with E-state index < -0.39 is 23.5 Å². The Kier molecular flexibility index (Phi) is 8.74. The first-order valence-electron chi connectivity index (χ1n) is 10.1. The van der Waals surface area contributed by atoms with E-state index in [0.717, 1.165) is 0 Å². The molecule has 0 saturated heterocycles. The Hall–Kier alpha value is -4.44. The number of amides is 3. The van der Waals surface area contributed by atoms with E-state index in [-0.39, 0.29) is 11.6 Å². The molecule has 0 bridgehead atoms. The fourth-order valence-electron chi connectivity index (χ4n) is 2.68. The van der Waals surface area contributed by atoms with Crippen molar-refractivity contribution >= 4 is 46.9 Å². The third kappa shape index (κ3) is 7.83. The number of rotatable bonds is 8. The highest BCUT2D eigenvalue weighted by Crippen LogP contribution is 2.27. The highest BCUT2D eigenvalue weighted by molar-refractivity contribution is 6.40. The fourth-order valence-corrected chi connectivity index (χ4v) is 2.94. The lowest BCUT2D eigenvalue weighted by Crippen LogP contribution is -2.32.